The quantitative estimate of drug-likeness (QED) is 0.393. The summed E-state index contributed by atoms with van der Waals surface area (Å²) < 4.78 is 0. The van der Waals surface area contributed by atoms with E-state index in [9.17, 15) is 0 Å². The molecule has 0 N–H and O–H groups in total. The molecule has 0 unspecified atom stereocenters. The molecule has 0 nitrogen and oxygen atoms in total. The zero-order chi connectivity index (χ0) is 16.5. The third kappa shape index (κ3) is 61.8. The second kappa shape index (κ2) is 68.2. The normalized spacial score (nSPS) is 5.22. The Kier molecular flexibility index (Phi) is 128. The molecule has 0 aromatic heterocycles. The van der Waals surface area contributed by atoms with Gasteiger partial charge in [0, 0.05) is 32.7 Å². The van der Waals surface area contributed by atoms with Crippen LogP contribution in [-0.2, 0) is 32.7 Å². The smallest absolute Gasteiger partial charge is 0 e. The summed E-state index contributed by atoms with van der Waals surface area (Å²) in [5, 5.41) is 0. The van der Waals surface area contributed by atoms with E-state index in [2.05, 4.69) is 0 Å². The summed E-state index contributed by atoms with van der Waals surface area (Å²) in [7, 11) is 0. The van der Waals surface area contributed by atoms with E-state index in [-0.39, 0.29) is 47.6 Å². The fourth-order valence-electron chi connectivity index (χ4n) is 0.770. The van der Waals surface area contributed by atoms with E-state index in [1.54, 1.807) is 0 Å². The van der Waals surface area contributed by atoms with E-state index in [4.69, 9.17) is 0 Å². The minimum atomic E-state index is 0. The van der Waals surface area contributed by atoms with Crippen molar-refractivity contribution in [2.24, 2.45) is 0 Å². The van der Waals surface area contributed by atoms with Crippen molar-refractivity contribution >= 4 is 0 Å². The molecule has 2 rings (SSSR count). The molecular formula is C22H42Y-2. The second-order valence-corrected chi connectivity index (χ2v) is 2.31. The van der Waals surface area contributed by atoms with Gasteiger partial charge in [0.15, 0.2) is 0 Å². The van der Waals surface area contributed by atoms with Crippen LogP contribution in [0.3, 0.4) is 0 Å². The maximum Gasteiger partial charge on any atom is 0 e. The van der Waals surface area contributed by atoms with Crippen molar-refractivity contribution in [1.82, 2.24) is 0 Å². The van der Waals surface area contributed by atoms with Crippen LogP contribution in [-0.4, -0.2) is 0 Å². The van der Waals surface area contributed by atoms with Gasteiger partial charge in [-0.15, -0.1) is 0 Å². The van der Waals surface area contributed by atoms with Gasteiger partial charge >= 0.3 is 0 Å². The summed E-state index contributed by atoms with van der Waals surface area (Å²) in [5.41, 5.74) is 0. The van der Waals surface area contributed by atoms with Crippen LogP contribution in [0.1, 0.15) is 55.4 Å². The molecular weight excluding hydrogens is 353 g/mol. The van der Waals surface area contributed by atoms with E-state index in [0.717, 1.165) is 0 Å². The third-order valence-electron chi connectivity index (χ3n) is 1.33. The largest absolute Gasteiger partial charge is 0.358 e. The van der Waals surface area contributed by atoms with Crippen molar-refractivity contribution in [3.05, 3.63) is 87.6 Å². The Bertz CT molecular complexity index is 181. The molecule has 0 aliphatic rings. The molecule has 1 heteroatoms. The van der Waals surface area contributed by atoms with Crippen molar-refractivity contribution in [1.29, 1.82) is 0 Å². The minimum Gasteiger partial charge on any atom is -0.358 e. The molecule has 2 aromatic carbocycles. The Balaban J connectivity index is -0.0000000287. The predicted octanol–water partition coefficient (Wildman–Crippen LogP) is 8.38. The van der Waals surface area contributed by atoms with Crippen LogP contribution in [0.25, 0.3) is 0 Å². The van der Waals surface area contributed by atoms with Crippen LogP contribution in [0, 0.1) is 14.9 Å². The van der Waals surface area contributed by atoms with Crippen LogP contribution in [0.4, 0.5) is 0 Å². The van der Waals surface area contributed by atoms with E-state index in [0.29, 0.717) is 0 Å². The summed E-state index contributed by atoms with van der Waals surface area (Å²) in [6, 6.07) is 24.0. The molecule has 0 atom stereocenters. The first-order chi connectivity index (χ1) is 10.0. The monoisotopic (exact) mass is 395 g/mol. The standard InChI is InChI=1S/2C6H6.4C2H6.2CH3.Y/c2*1-2-4-6-5-3-1;4*1-2;;;/h2*1-6H;4*1-2H3;2*1H3;/q;;;;;;2*-1;. The molecule has 2 aromatic rings. The first kappa shape index (κ1) is 43.3. The van der Waals surface area contributed by atoms with Gasteiger partial charge in [-0.1, -0.05) is 128 Å². The topological polar surface area (TPSA) is 0 Å². The SMILES string of the molecule is CC.CC.CC.CC.[CH3-].[CH3-].[Y].c1ccccc1.c1ccccc1. The molecule has 0 amide bonds. The molecule has 0 fully saturated rings. The van der Waals surface area contributed by atoms with E-state index >= 15 is 0 Å². The number of benzene rings is 2. The van der Waals surface area contributed by atoms with E-state index in [1.165, 1.54) is 0 Å². The van der Waals surface area contributed by atoms with Gasteiger partial charge in [-0.25, -0.2) is 0 Å². The molecule has 0 saturated heterocycles. The Morgan fingerprint density at radius 1 is 0.261 bits per heavy atom. The summed E-state index contributed by atoms with van der Waals surface area (Å²) in [5.74, 6) is 0. The number of rotatable bonds is 0. The summed E-state index contributed by atoms with van der Waals surface area (Å²) in [6.45, 7) is 16.0. The van der Waals surface area contributed by atoms with Crippen molar-refractivity contribution < 1.29 is 32.7 Å². The third-order valence-corrected chi connectivity index (χ3v) is 1.33. The maximum atomic E-state index is 2.00. The Labute approximate surface area is 175 Å². The van der Waals surface area contributed by atoms with Crippen LogP contribution in [0.5, 0.6) is 0 Å². The zero-order valence-corrected chi connectivity index (χ0v) is 20.3. The average molecular weight is 395 g/mol. The van der Waals surface area contributed by atoms with Crippen LogP contribution in [0.2, 0.25) is 0 Å². The fourth-order valence-corrected chi connectivity index (χ4v) is 0.770. The van der Waals surface area contributed by atoms with Crippen molar-refractivity contribution in [2.45, 2.75) is 55.4 Å². The molecule has 0 heterocycles. The molecule has 0 spiro atoms. The first-order valence-electron chi connectivity index (χ1n) is 8.00. The number of hydrogen-bond donors (Lipinski definition) is 0. The fraction of sp³-hybridized carbons (Fsp3) is 0.364. The van der Waals surface area contributed by atoms with Gasteiger partial charge in [0.2, 0.25) is 0 Å². The van der Waals surface area contributed by atoms with Gasteiger partial charge in [0.05, 0.1) is 0 Å². The minimum absolute atomic E-state index is 0. The molecule has 0 aliphatic heterocycles. The van der Waals surface area contributed by atoms with Gasteiger partial charge in [0.1, 0.15) is 0 Å². The zero-order valence-electron chi connectivity index (χ0n) is 17.5. The Morgan fingerprint density at radius 2 is 0.304 bits per heavy atom. The van der Waals surface area contributed by atoms with Crippen molar-refractivity contribution in [3.63, 3.8) is 0 Å². The predicted molar refractivity (Wildman–Crippen MR) is 111 cm³/mol. The first-order valence-corrected chi connectivity index (χ1v) is 8.00. The Morgan fingerprint density at radius 3 is 0.348 bits per heavy atom. The average Bonchev–Trinajstić information content (AvgIpc) is 2.65. The summed E-state index contributed by atoms with van der Waals surface area (Å²) >= 11 is 0. The molecule has 1 radical (unpaired) electrons. The molecule has 135 valence electrons. The van der Waals surface area contributed by atoms with Crippen molar-refractivity contribution in [3.8, 4) is 0 Å². The Hall–Kier alpha value is -0.456. The maximum absolute atomic E-state index is 2.00. The summed E-state index contributed by atoms with van der Waals surface area (Å²) in [6.07, 6.45) is 0. The van der Waals surface area contributed by atoms with E-state index < -0.39 is 0 Å². The summed E-state index contributed by atoms with van der Waals surface area (Å²) in [4.78, 5) is 0. The number of hydrogen-bond acceptors (Lipinski definition) is 0. The van der Waals surface area contributed by atoms with Crippen LogP contribution < -0.4 is 0 Å². The second-order valence-electron chi connectivity index (χ2n) is 2.31. The van der Waals surface area contributed by atoms with Gasteiger partial charge < -0.3 is 14.9 Å². The van der Waals surface area contributed by atoms with Gasteiger partial charge in [-0.05, 0) is 0 Å². The molecule has 0 aliphatic carbocycles. The van der Waals surface area contributed by atoms with E-state index in [1.807, 2.05) is 128 Å². The van der Waals surface area contributed by atoms with Crippen LogP contribution >= 0.6 is 0 Å². The molecule has 23 heavy (non-hydrogen) atoms. The van der Waals surface area contributed by atoms with Crippen molar-refractivity contribution in [2.75, 3.05) is 0 Å². The van der Waals surface area contributed by atoms with Gasteiger partial charge in [0.25, 0.3) is 0 Å². The van der Waals surface area contributed by atoms with Gasteiger partial charge in [-0.3, -0.25) is 0 Å². The van der Waals surface area contributed by atoms with Crippen LogP contribution in [0.15, 0.2) is 72.8 Å². The molecule has 0 bridgehead atoms. The van der Waals surface area contributed by atoms with Gasteiger partial charge in [-0.2, -0.15) is 0 Å². The molecule has 0 saturated carbocycles.